The second kappa shape index (κ2) is 4.77. The van der Waals surface area contributed by atoms with Crippen molar-refractivity contribution in [3.8, 4) is 5.75 Å². The van der Waals surface area contributed by atoms with Crippen LogP contribution in [0, 0.1) is 0 Å². The Hall–Kier alpha value is -1.16. The van der Waals surface area contributed by atoms with Gasteiger partial charge in [0.1, 0.15) is 5.75 Å². The van der Waals surface area contributed by atoms with Gasteiger partial charge in [-0.3, -0.25) is 4.79 Å². The van der Waals surface area contributed by atoms with Crippen LogP contribution < -0.4 is 10.1 Å². The number of carbonyl (C=O) groups excluding carboxylic acids is 1. The van der Waals surface area contributed by atoms with Crippen LogP contribution in [-0.2, 0) is 0 Å². The Morgan fingerprint density at radius 2 is 2.23 bits per heavy atom. The summed E-state index contributed by atoms with van der Waals surface area (Å²) in [6, 6.07) is 7.22. The molecule has 70 valence electrons. The second-order valence-electron chi connectivity index (χ2n) is 2.36. The summed E-state index contributed by atoms with van der Waals surface area (Å²) < 4.78 is 5.29. The number of carbonyl (C=O) groups is 1. The molecule has 1 rings (SSSR count). The third-order valence-electron chi connectivity index (χ3n) is 1.43. The van der Waals surface area contributed by atoms with E-state index in [1.165, 1.54) is 0 Å². The molecule has 1 amide bonds. The van der Waals surface area contributed by atoms with Crippen LogP contribution in [0.3, 0.4) is 0 Å². The number of thiol groups is 1. The molecule has 0 aliphatic heterocycles. The minimum atomic E-state index is -0.396. The molecule has 1 N–H and O–H groups in total. The lowest BCUT2D eigenvalue weighted by Gasteiger charge is -2.08. The molecule has 0 bridgehead atoms. The van der Waals surface area contributed by atoms with E-state index in [0.29, 0.717) is 18.0 Å². The van der Waals surface area contributed by atoms with Gasteiger partial charge in [0.25, 0.3) is 5.24 Å². The van der Waals surface area contributed by atoms with Crippen LogP contribution in [-0.4, -0.2) is 11.8 Å². The van der Waals surface area contributed by atoms with Crippen molar-refractivity contribution >= 4 is 23.6 Å². The number of hydrogen-bond donors (Lipinski definition) is 2. The normalized spacial score (nSPS) is 9.38. The highest BCUT2D eigenvalue weighted by Gasteiger charge is 2.02. The summed E-state index contributed by atoms with van der Waals surface area (Å²) in [5, 5.41) is 2.16. The van der Waals surface area contributed by atoms with Gasteiger partial charge in [-0.25, -0.2) is 0 Å². The number of anilines is 1. The Bertz CT molecular complexity index is 301. The first-order valence-corrected chi connectivity index (χ1v) is 4.40. The van der Waals surface area contributed by atoms with Crippen LogP contribution in [0.15, 0.2) is 24.3 Å². The predicted molar refractivity (Wildman–Crippen MR) is 55.6 cm³/mol. The molecule has 0 atom stereocenters. The SMILES string of the molecule is CCOc1ccccc1NC(=O)S. The molecule has 13 heavy (non-hydrogen) atoms. The molecule has 0 unspecified atom stereocenters. The maximum atomic E-state index is 10.7. The molecule has 3 nitrogen and oxygen atoms in total. The summed E-state index contributed by atoms with van der Waals surface area (Å²) in [6.45, 7) is 2.46. The van der Waals surface area contributed by atoms with Crippen LogP contribution in [0.2, 0.25) is 0 Å². The molecule has 4 heteroatoms. The van der Waals surface area contributed by atoms with E-state index in [2.05, 4.69) is 17.9 Å². The third kappa shape index (κ3) is 2.99. The molecule has 0 aliphatic carbocycles. The average molecular weight is 197 g/mol. The van der Waals surface area contributed by atoms with Crippen LogP contribution >= 0.6 is 12.6 Å². The van der Waals surface area contributed by atoms with Crippen molar-refractivity contribution in [2.75, 3.05) is 11.9 Å². The molecule has 0 saturated heterocycles. The fourth-order valence-corrected chi connectivity index (χ4v) is 1.09. The number of nitrogens with one attached hydrogen (secondary N) is 1. The van der Waals surface area contributed by atoms with Crippen molar-refractivity contribution < 1.29 is 9.53 Å². The smallest absolute Gasteiger partial charge is 0.280 e. The molecule has 1 aromatic carbocycles. The number of benzene rings is 1. The summed E-state index contributed by atoms with van der Waals surface area (Å²) in [5.74, 6) is 0.660. The molecular weight excluding hydrogens is 186 g/mol. The van der Waals surface area contributed by atoms with E-state index >= 15 is 0 Å². The largest absolute Gasteiger partial charge is 0.492 e. The van der Waals surface area contributed by atoms with Gasteiger partial charge in [-0.15, -0.1) is 0 Å². The summed E-state index contributed by atoms with van der Waals surface area (Å²) in [6.07, 6.45) is 0. The number of para-hydroxylation sites is 2. The summed E-state index contributed by atoms with van der Waals surface area (Å²) in [4.78, 5) is 10.7. The van der Waals surface area contributed by atoms with Crippen molar-refractivity contribution in [1.82, 2.24) is 0 Å². The lowest BCUT2D eigenvalue weighted by Crippen LogP contribution is -2.03. The van der Waals surface area contributed by atoms with E-state index in [4.69, 9.17) is 4.74 Å². The second-order valence-corrected chi connectivity index (χ2v) is 2.77. The number of ether oxygens (including phenoxy) is 1. The van der Waals surface area contributed by atoms with Gasteiger partial charge in [-0.05, 0) is 19.1 Å². The number of rotatable bonds is 3. The van der Waals surface area contributed by atoms with Gasteiger partial charge < -0.3 is 10.1 Å². The van der Waals surface area contributed by atoms with E-state index < -0.39 is 5.24 Å². The Balaban J connectivity index is 2.84. The highest BCUT2D eigenvalue weighted by molar-refractivity contribution is 7.96. The van der Waals surface area contributed by atoms with Gasteiger partial charge in [0.2, 0.25) is 0 Å². The highest BCUT2D eigenvalue weighted by atomic mass is 32.1. The van der Waals surface area contributed by atoms with Crippen molar-refractivity contribution in [1.29, 1.82) is 0 Å². The van der Waals surface area contributed by atoms with Crippen LogP contribution in [0.5, 0.6) is 5.75 Å². The number of amides is 1. The van der Waals surface area contributed by atoms with Gasteiger partial charge in [0, 0.05) is 0 Å². The highest BCUT2D eigenvalue weighted by Crippen LogP contribution is 2.23. The fourth-order valence-electron chi connectivity index (χ4n) is 0.966. The molecular formula is C9H11NO2S. The maximum Gasteiger partial charge on any atom is 0.280 e. The summed E-state index contributed by atoms with van der Waals surface area (Å²) in [5.41, 5.74) is 0.643. The topological polar surface area (TPSA) is 38.3 Å². The minimum Gasteiger partial charge on any atom is -0.492 e. The zero-order valence-electron chi connectivity index (χ0n) is 7.28. The minimum absolute atomic E-state index is 0.396. The Kier molecular flexibility index (Phi) is 3.64. The molecule has 0 heterocycles. The van der Waals surface area contributed by atoms with Crippen molar-refractivity contribution in [3.05, 3.63) is 24.3 Å². The first kappa shape index (κ1) is 9.92. The van der Waals surface area contributed by atoms with E-state index in [1.807, 2.05) is 19.1 Å². The molecule has 0 aliphatic rings. The van der Waals surface area contributed by atoms with Gasteiger partial charge >= 0.3 is 0 Å². The van der Waals surface area contributed by atoms with E-state index in [-0.39, 0.29) is 0 Å². The van der Waals surface area contributed by atoms with Gasteiger partial charge in [-0.1, -0.05) is 24.8 Å². The van der Waals surface area contributed by atoms with E-state index in [1.54, 1.807) is 12.1 Å². The monoisotopic (exact) mass is 197 g/mol. The quantitative estimate of drug-likeness (QED) is 0.731. The molecule has 1 aromatic rings. The standard InChI is InChI=1S/C9H11NO2S/c1-2-12-8-6-4-3-5-7(8)10-9(11)13/h3-6H,2H2,1H3,(H2,10,11,13). The maximum absolute atomic E-state index is 10.7. The first-order valence-electron chi connectivity index (χ1n) is 3.95. The predicted octanol–water partition coefficient (Wildman–Crippen LogP) is 2.55. The molecule has 0 fully saturated rings. The third-order valence-corrected chi connectivity index (χ3v) is 1.54. The first-order chi connectivity index (χ1) is 6.24. The Labute approximate surface area is 82.5 Å². The fraction of sp³-hybridized carbons (Fsp3) is 0.222. The lowest BCUT2D eigenvalue weighted by atomic mass is 10.3. The lowest BCUT2D eigenvalue weighted by molar-refractivity contribution is 0.270. The van der Waals surface area contributed by atoms with E-state index in [9.17, 15) is 4.79 Å². The average Bonchev–Trinajstić information content (AvgIpc) is 2.08. The molecule has 0 aromatic heterocycles. The van der Waals surface area contributed by atoms with Crippen LogP contribution in [0.1, 0.15) is 6.92 Å². The Morgan fingerprint density at radius 1 is 1.54 bits per heavy atom. The van der Waals surface area contributed by atoms with Gasteiger partial charge in [0.05, 0.1) is 12.3 Å². The van der Waals surface area contributed by atoms with Gasteiger partial charge in [-0.2, -0.15) is 0 Å². The van der Waals surface area contributed by atoms with Crippen LogP contribution in [0.25, 0.3) is 0 Å². The van der Waals surface area contributed by atoms with Gasteiger partial charge in [0.15, 0.2) is 0 Å². The molecule has 0 saturated carbocycles. The molecule has 0 radical (unpaired) electrons. The van der Waals surface area contributed by atoms with Crippen molar-refractivity contribution in [3.63, 3.8) is 0 Å². The molecule has 0 spiro atoms. The van der Waals surface area contributed by atoms with E-state index in [0.717, 1.165) is 0 Å². The van der Waals surface area contributed by atoms with Crippen molar-refractivity contribution in [2.24, 2.45) is 0 Å². The summed E-state index contributed by atoms with van der Waals surface area (Å²) >= 11 is 3.62. The van der Waals surface area contributed by atoms with Crippen molar-refractivity contribution in [2.45, 2.75) is 6.92 Å². The zero-order chi connectivity index (χ0) is 9.68. The Morgan fingerprint density at radius 3 is 2.85 bits per heavy atom. The number of hydrogen-bond acceptors (Lipinski definition) is 2. The summed E-state index contributed by atoms with van der Waals surface area (Å²) in [7, 11) is 0. The van der Waals surface area contributed by atoms with Crippen LogP contribution in [0.4, 0.5) is 10.5 Å². The zero-order valence-corrected chi connectivity index (χ0v) is 8.17.